The molecule has 0 radical (unpaired) electrons. The largest absolute Gasteiger partial charge is 0.349 e. The number of carbonyl (C=O) groups is 1. The van der Waals surface area contributed by atoms with E-state index in [0.29, 0.717) is 24.8 Å². The van der Waals surface area contributed by atoms with Crippen LogP contribution in [0, 0.1) is 11.8 Å². The van der Waals surface area contributed by atoms with Gasteiger partial charge in [0.2, 0.25) is 5.91 Å². The van der Waals surface area contributed by atoms with E-state index >= 15 is 0 Å². The molecular formula is C18H28N2O. The number of nitrogens with one attached hydrogen (secondary N) is 1. The minimum Gasteiger partial charge on any atom is -0.349 e. The van der Waals surface area contributed by atoms with Crippen molar-refractivity contribution in [3.8, 4) is 0 Å². The Labute approximate surface area is 128 Å². The van der Waals surface area contributed by atoms with Crippen molar-refractivity contribution in [2.45, 2.75) is 51.5 Å². The monoisotopic (exact) mass is 288 g/mol. The van der Waals surface area contributed by atoms with Crippen LogP contribution >= 0.6 is 0 Å². The van der Waals surface area contributed by atoms with Crippen LogP contribution in [-0.2, 0) is 4.79 Å². The third kappa shape index (κ3) is 4.07. The van der Waals surface area contributed by atoms with E-state index in [-0.39, 0.29) is 17.4 Å². The fourth-order valence-corrected chi connectivity index (χ4v) is 3.05. The first-order valence-electron chi connectivity index (χ1n) is 8.02. The Morgan fingerprint density at radius 3 is 2.43 bits per heavy atom. The van der Waals surface area contributed by atoms with Crippen LogP contribution in [0.2, 0.25) is 0 Å². The highest BCUT2D eigenvalue weighted by atomic mass is 16.1. The van der Waals surface area contributed by atoms with Crippen molar-refractivity contribution in [2.75, 3.05) is 6.54 Å². The van der Waals surface area contributed by atoms with Crippen molar-refractivity contribution in [2.24, 2.45) is 17.6 Å². The first-order valence-corrected chi connectivity index (χ1v) is 8.02. The van der Waals surface area contributed by atoms with E-state index in [1.165, 1.54) is 18.4 Å². The molecule has 0 saturated heterocycles. The summed E-state index contributed by atoms with van der Waals surface area (Å²) in [4.78, 5) is 12.5. The van der Waals surface area contributed by atoms with Gasteiger partial charge in [0.1, 0.15) is 0 Å². The lowest BCUT2D eigenvalue weighted by Gasteiger charge is -2.31. The maximum Gasteiger partial charge on any atom is 0.221 e. The smallest absolute Gasteiger partial charge is 0.221 e. The molecule has 3 heteroatoms. The van der Waals surface area contributed by atoms with E-state index in [1.807, 2.05) is 18.2 Å². The molecule has 0 aromatic heterocycles. The van der Waals surface area contributed by atoms with Crippen LogP contribution in [0.4, 0.5) is 0 Å². The average molecular weight is 288 g/mol. The summed E-state index contributed by atoms with van der Waals surface area (Å²) < 4.78 is 0. The summed E-state index contributed by atoms with van der Waals surface area (Å²) in [6, 6.07) is 10.3. The summed E-state index contributed by atoms with van der Waals surface area (Å²) in [7, 11) is 0. The predicted octanol–water partition coefficient (Wildman–Crippen LogP) is 3.06. The molecule has 3 nitrogen and oxygen atoms in total. The molecule has 1 amide bonds. The molecular weight excluding hydrogens is 260 g/mol. The molecule has 1 aliphatic rings. The summed E-state index contributed by atoms with van der Waals surface area (Å²) >= 11 is 0. The molecule has 3 N–H and O–H groups in total. The zero-order valence-corrected chi connectivity index (χ0v) is 13.4. The van der Waals surface area contributed by atoms with Crippen molar-refractivity contribution in [3.63, 3.8) is 0 Å². The van der Waals surface area contributed by atoms with Gasteiger partial charge in [0.25, 0.3) is 0 Å². The van der Waals surface area contributed by atoms with Gasteiger partial charge in [0.15, 0.2) is 0 Å². The second-order valence-electron chi connectivity index (χ2n) is 6.91. The number of hydrogen-bond donors (Lipinski definition) is 2. The first-order chi connectivity index (χ1) is 9.96. The number of carbonyl (C=O) groups excluding carboxylic acids is 1. The Morgan fingerprint density at radius 2 is 1.95 bits per heavy atom. The van der Waals surface area contributed by atoms with Crippen molar-refractivity contribution in [3.05, 3.63) is 35.9 Å². The maximum absolute atomic E-state index is 12.5. The van der Waals surface area contributed by atoms with Crippen LogP contribution in [0.15, 0.2) is 30.3 Å². The molecule has 2 rings (SSSR count). The van der Waals surface area contributed by atoms with Crippen molar-refractivity contribution < 1.29 is 4.79 Å². The van der Waals surface area contributed by atoms with Gasteiger partial charge in [-0.1, -0.05) is 44.2 Å². The van der Waals surface area contributed by atoms with Gasteiger partial charge in [-0.15, -0.1) is 0 Å². The van der Waals surface area contributed by atoms with E-state index in [1.54, 1.807) is 0 Å². The number of hydrogen-bond acceptors (Lipinski definition) is 2. The van der Waals surface area contributed by atoms with Crippen LogP contribution < -0.4 is 11.1 Å². The van der Waals surface area contributed by atoms with Gasteiger partial charge in [-0.3, -0.25) is 4.79 Å². The standard InChI is InChI=1S/C18H28N2O/c1-13(2)16(14-7-5-4-6-8-14)11-17(21)20-18(3,12-19)15-9-10-15/h4-8,13,15-16H,9-12,19H2,1-3H3,(H,20,21). The topological polar surface area (TPSA) is 55.1 Å². The van der Waals surface area contributed by atoms with Crippen LogP contribution in [0.3, 0.4) is 0 Å². The van der Waals surface area contributed by atoms with Crippen LogP contribution in [-0.4, -0.2) is 18.0 Å². The highest BCUT2D eigenvalue weighted by Gasteiger charge is 2.41. The van der Waals surface area contributed by atoms with Crippen LogP contribution in [0.1, 0.15) is 51.5 Å². The summed E-state index contributed by atoms with van der Waals surface area (Å²) in [5.41, 5.74) is 6.90. The van der Waals surface area contributed by atoms with Gasteiger partial charge in [-0.05, 0) is 43.1 Å². The zero-order chi connectivity index (χ0) is 15.5. The lowest BCUT2D eigenvalue weighted by molar-refractivity contribution is -0.123. The number of amides is 1. The van der Waals surface area contributed by atoms with E-state index in [9.17, 15) is 4.79 Å². The molecule has 1 aromatic carbocycles. The summed E-state index contributed by atoms with van der Waals surface area (Å²) in [6.07, 6.45) is 2.89. The fourth-order valence-electron chi connectivity index (χ4n) is 3.05. The van der Waals surface area contributed by atoms with Gasteiger partial charge in [0.05, 0.1) is 5.54 Å². The fraction of sp³-hybridized carbons (Fsp3) is 0.611. The Kier molecular flexibility index (Phi) is 5.04. The Hall–Kier alpha value is -1.35. The van der Waals surface area contributed by atoms with Gasteiger partial charge in [0, 0.05) is 13.0 Å². The van der Waals surface area contributed by atoms with Gasteiger partial charge in [-0.25, -0.2) is 0 Å². The number of benzene rings is 1. The molecule has 2 atom stereocenters. The third-order valence-corrected chi connectivity index (χ3v) is 4.77. The summed E-state index contributed by atoms with van der Waals surface area (Å²) in [6.45, 7) is 6.94. The van der Waals surface area contributed by atoms with E-state index in [2.05, 4.69) is 38.2 Å². The van der Waals surface area contributed by atoms with Crippen molar-refractivity contribution in [1.82, 2.24) is 5.32 Å². The lowest BCUT2D eigenvalue weighted by atomic mass is 9.85. The van der Waals surface area contributed by atoms with E-state index in [0.717, 1.165) is 0 Å². The molecule has 21 heavy (non-hydrogen) atoms. The van der Waals surface area contributed by atoms with Gasteiger partial charge in [-0.2, -0.15) is 0 Å². The van der Waals surface area contributed by atoms with Gasteiger partial charge >= 0.3 is 0 Å². The Morgan fingerprint density at radius 1 is 1.33 bits per heavy atom. The SMILES string of the molecule is CC(C)C(CC(=O)NC(C)(CN)C1CC1)c1ccccc1. The molecule has 1 fully saturated rings. The number of rotatable bonds is 7. The minimum absolute atomic E-state index is 0.123. The Bertz CT molecular complexity index is 467. The quantitative estimate of drug-likeness (QED) is 0.810. The molecule has 1 aliphatic carbocycles. The summed E-state index contributed by atoms with van der Waals surface area (Å²) in [5.74, 6) is 1.37. The molecule has 1 saturated carbocycles. The molecule has 0 heterocycles. The van der Waals surface area contributed by atoms with Gasteiger partial charge < -0.3 is 11.1 Å². The zero-order valence-electron chi connectivity index (χ0n) is 13.4. The Balaban J connectivity index is 2.02. The highest BCUT2D eigenvalue weighted by Crippen LogP contribution is 2.39. The van der Waals surface area contributed by atoms with Crippen molar-refractivity contribution in [1.29, 1.82) is 0 Å². The highest BCUT2D eigenvalue weighted by molar-refractivity contribution is 5.78. The first kappa shape index (κ1) is 16.0. The molecule has 0 bridgehead atoms. The predicted molar refractivity (Wildman–Crippen MR) is 87.0 cm³/mol. The number of nitrogens with two attached hydrogens (primary N) is 1. The molecule has 0 spiro atoms. The molecule has 1 aromatic rings. The van der Waals surface area contributed by atoms with Crippen molar-refractivity contribution >= 4 is 5.91 Å². The maximum atomic E-state index is 12.5. The molecule has 116 valence electrons. The van der Waals surface area contributed by atoms with Crippen LogP contribution in [0.5, 0.6) is 0 Å². The third-order valence-electron chi connectivity index (χ3n) is 4.77. The van der Waals surface area contributed by atoms with E-state index in [4.69, 9.17) is 5.73 Å². The average Bonchev–Trinajstić information content (AvgIpc) is 3.30. The minimum atomic E-state index is -0.227. The van der Waals surface area contributed by atoms with E-state index < -0.39 is 0 Å². The van der Waals surface area contributed by atoms with Crippen LogP contribution in [0.25, 0.3) is 0 Å². The molecule has 2 unspecified atom stereocenters. The summed E-state index contributed by atoms with van der Waals surface area (Å²) in [5, 5.41) is 3.20. The lowest BCUT2D eigenvalue weighted by Crippen LogP contribution is -2.53. The molecule has 0 aliphatic heterocycles. The second-order valence-corrected chi connectivity index (χ2v) is 6.91. The second kappa shape index (κ2) is 6.61. The normalized spacial score (nSPS) is 19.1.